The average Bonchev–Trinajstić information content (AvgIpc) is 2.79. The van der Waals surface area contributed by atoms with E-state index in [1.165, 1.54) is 25.1 Å². The summed E-state index contributed by atoms with van der Waals surface area (Å²) in [5, 5.41) is 4.99. The van der Waals surface area contributed by atoms with E-state index in [2.05, 4.69) is 10.6 Å². The molecule has 1 aliphatic rings. The van der Waals surface area contributed by atoms with Crippen LogP contribution in [-0.2, 0) is 14.3 Å². The Morgan fingerprint density at radius 3 is 2.70 bits per heavy atom. The first-order chi connectivity index (χ1) is 9.47. The van der Waals surface area contributed by atoms with E-state index in [-0.39, 0.29) is 24.2 Å². The van der Waals surface area contributed by atoms with E-state index >= 15 is 0 Å². The summed E-state index contributed by atoms with van der Waals surface area (Å²) in [4.78, 5) is 22.9. The molecule has 6 nitrogen and oxygen atoms in total. The second-order valence-corrected chi connectivity index (χ2v) is 4.67. The van der Waals surface area contributed by atoms with Gasteiger partial charge in [0.15, 0.2) is 0 Å². The van der Waals surface area contributed by atoms with Crippen molar-refractivity contribution in [3.8, 4) is 0 Å². The van der Waals surface area contributed by atoms with Crippen LogP contribution in [0.1, 0.15) is 6.92 Å². The number of carbonyl (C=O) groups excluding carboxylic acids is 2. The summed E-state index contributed by atoms with van der Waals surface area (Å²) in [5.74, 6) is -1.67. The third kappa shape index (κ3) is 3.31. The summed E-state index contributed by atoms with van der Waals surface area (Å²) < 4.78 is 18.6. The maximum Gasteiger partial charge on any atom is 0.231 e. The fraction of sp³-hybridized carbons (Fsp3) is 0.385. The van der Waals surface area contributed by atoms with Crippen molar-refractivity contribution in [2.75, 3.05) is 23.8 Å². The molecule has 2 unspecified atom stereocenters. The van der Waals surface area contributed by atoms with E-state index in [1.807, 2.05) is 0 Å². The lowest BCUT2D eigenvalue weighted by Crippen LogP contribution is -2.37. The Labute approximate surface area is 115 Å². The fourth-order valence-electron chi connectivity index (χ4n) is 1.96. The lowest BCUT2D eigenvalue weighted by Gasteiger charge is -2.14. The molecule has 1 aromatic carbocycles. The number of nitrogens with two attached hydrogens (primary N) is 1. The lowest BCUT2D eigenvalue weighted by molar-refractivity contribution is -0.120. The zero-order valence-electron chi connectivity index (χ0n) is 11.0. The maximum absolute atomic E-state index is 13.5. The Hall–Kier alpha value is -1.99. The Morgan fingerprint density at radius 1 is 1.35 bits per heavy atom. The van der Waals surface area contributed by atoms with Gasteiger partial charge in [0.25, 0.3) is 0 Å². The van der Waals surface area contributed by atoms with Gasteiger partial charge in [-0.2, -0.15) is 0 Å². The highest BCUT2D eigenvalue weighted by Gasteiger charge is 2.31. The van der Waals surface area contributed by atoms with Gasteiger partial charge in [-0.15, -0.1) is 0 Å². The molecule has 0 aliphatic carbocycles. The summed E-state index contributed by atoms with van der Waals surface area (Å²) >= 11 is 0. The first-order valence-corrected chi connectivity index (χ1v) is 6.18. The van der Waals surface area contributed by atoms with Crippen molar-refractivity contribution in [2.45, 2.75) is 13.0 Å². The standard InChI is InChI=1S/C13H16FN3O3/c1-7(18)16-12-4-8(2-3-10(12)14)17-13(19)9-5-20-6-11(9)15/h2-4,9,11H,5-6,15H2,1H3,(H,16,18)(H,17,19). The van der Waals surface area contributed by atoms with Crippen molar-refractivity contribution in [1.29, 1.82) is 0 Å². The Morgan fingerprint density at radius 2 is 2.10 bits per heavy atom. The molecule has 4 N–H and O–H groups in total. The first kappa shape index (κ1) is 14.4. The van der Waals surface area contributed by atoms with Crippen molar-refractivity contribution in [2.24, 2.45) is 11.7 Å². The van der Waals surface area contributed by atoms with Crippen LogP contribution < -0.4 is 16.4 Å². The summed E-state index contributed by atoms with van der Waals surface area (Å²) in [6.45, 7) is 1.89. The van der Waals surface area contributed by atoms with Crippen LogP contribution in [0.5, 0.6) is 0 Å². The summed E-state index contributed by atoms with van der Waals surface area (Å²) in [6, 6.07) is 3.60. The van der Waals surface area contributed by atoms with Gasteiger partial charge in [-0.05, 0) is 18.2 Å². The van der Waals surface area contributed by atoms with Crippen molar-refractivity contribution in [3.05, 3.63) is 24.0 Å². The maximum atomic E-state index is 13.5. The largest absolute Gasteiger partial charge is 0.379 e. The number of halogens is 1. The number of benzene rings is 1. The van der Waals surface area contributed by atoms with Crippen LogP contribution in [0.2, 0.25) is 0 Å². The second-order valence-electron chi connectivity index (χ2n) is 4.67. The molecule has 0 aromatic heterocycles. The van der Waals surface area contributed by atoms with Crippen LogP contribution in [-0.4, -0.2) is 31.1 Å². The zero-order valence-corrected chi connectivity index (χ0v) is 11.0. The number of hydrogen-bond donors (Lipinski definition) is 3. The first-order valence-electron chi connectivity index (χ1n) is 6.18. The van der Waals surface area contributed by atoms with Crippen LogP contribution in [0.15, 0.2) is 18.2 Å². The number of ether oxygens (including phenoxy) is 1. The van der Waals surface area contributed by atoms with Gasteiger partial charge in [0.1, 0.15) is 5.82 Å². The Balaban J connectivity index is 2.09. The number of hydrogen-bond acceptors (Lipinski definition) is 4. The van der Waals surface area contributed by atoms with Crippen molar-refractivity contribution < 1.29 is 18.7 Å². The molecule has 2 atom stereocenters. The number of rotatable bonds is 3. The van der Waals surface area contributed by atoms with Crippen molar-refractivity contribution in [1.82, 2.24) is 0 Å². The monoisotopic (exact) mass is 281 g/mol. The predicted octanol–water partition coefficient (Wildman–Crippen LogP) is 0.696. The van der Waals surface area contributed by atoms with Crippen LogP contribution in [0.25, 0.3) is 0 Å². The van der Waals surface area contributed by atoms with E-state index in [0.717, 1.165) is 0 Å². The molecule has 1 heterocycles. The molecule has 1 aromatic rings. The van der Waals surface area contributed by atoms with Gasteiger partial charge in [-0.3, -0.25) is 9.59 Å². The topological polar surface area (TPSA) is 93.5 Å². The van der Waals surface area contributed by atoms with E-state index in [1.54, 1.807) is 0 Å². The SMILES string of the molecule is CC(=O)Nc1cc(NC(=O)C2COCC2N)ccc1F. The van der Waals surface area contributed by atoms with Crippen molar-refractivity contribution in [3.63, 3.8) is 0 Å². The minimum atomic E-state index is -0.570. The quantitative estimate of drug-likeness (QED) is 0.760. The molecule has 1 aliphatic heterocycles. The third-order valence-electron chi connectivity index (χ3n) is 3.01. The molecular weight excluding hydrogens is 265 g/mol. The molecule has 7 heteroatoms. The third-order valence-corrected chi connectivity index (χ3v) is 3.01. The van der Waals surface area contributed by atoms with Crippen LogP contribution in [0.3, 0.4) is 0 Å². The Bertz CT molecular complexity index is 536. The number of carbonyl (C=O) groups is 2. The van der Waals surface area contributed by atoms with Gasteiger partial charge < -0.3 is 21.1 Å². The van der Waals surface area contributed by atoms with Crippen molar-refractivity contribution >= 4 is 23.2 Å². The normalized spacial score (nSPS) is 21.6. The Kier molecular flexibility index (Phi) is 4.31. The van der Waals surface area contributed by atoms with E-state index < -0.39 is 17.6 Å². The minimum absolute atomic E-state index is 0.0160. The molecule has 20 heavy (non-hydrogen) atoms. The molecule has 2 rings (SSSR count). The molecule has 2 amide bonds. The van der Waals surface area contributed by atoms with Gasteiger partial charge in [0.2, 0.25) is 11.8 Å². The lowest BCUT2D eigenvalue weighted by atomic mass is 10.0. The summed E-state index contributed by atoms with van der Waals surface area (Å²) in [7, 11) is 0. The van der Waals surface area contributed by atoms with Crippen LogP contribution in [0, 0.1) is 11.7 Å². The molecular formula is C13H16FN3O3. The van der Waals surface area contributed by atoms with E-state index in [4.69, 9.17) is 10.5 Å². The molecule has 1 fully saturated rings. The molecule has 0 bridgehead atoms. The van der Waals surface area contributed by atoms with Gasteiger partial charge in [-0.25, -0.2) is 4.39 Å². The molecule has 108 valence electrons. The zero-order chi connectivity index (χ0) is 14.7. The minimum Gasteiger partial charge on any atom is -0.379 e. The molecule has 0 spiro atoms. The fourth-order valence-corrected chi connectivity index (χ4v) is 1.96. The predicted molar refractivity (Wildman–Crippen MR) is 71.6 cm³/mol. The van der Waals surface area contributed by atoms with Crippen LogP contribution in [0.4, 0.5) is 15.8 Å². The molecule has 0 saturated carbocycles. The number of amides is 2. The summed E-state index contributed by atoms with van der Waals surface area (Å²) in [6.07, 6.45) is 0. The molecule has 0 radical (unpaired) electrons. The van der Waals surface area contributed by atoms with Gasteiger partial charge in [-0.1, -0.05) is 0 Å². The van der Waals surface area contributed by atoms with E-state index in [0.29, 0.717) is 12.3 Å². The van der Waals surface area contributed by atoms with Crippen LogP contribution >= 0.6 is 0 Å². The second kappa shape index (κ2) is 5.98. The van der Waals surface area contributed by atoms with Gasteiger partial charge >= 0.3 is 0 Å². The van der Waals surface area contributed by atoms with Gasteiger partial charge in [0, 0.05) is 18.7 Å². The highest BCUT2D eigenvalue weighted by molar-refractivity contribution is 5.95. The highest BCUT2D eigenvalue weighted by Crippen LogP contribution is 2.21. The average molecular weight is 281 g/mol. The number of anilines is 2. The highest BCUT2D eigenvalue weighted by atomic mass is 19.1. The van der Waals surface area contributed by atoms with E-state index in [9.17, 15) is 14.0 Å². The smallest absolute Gasteiger partial charge is 0.231 e. The number of nitrogens with one attached hydrogen (secondary N) is 2. The summed E-state index contributed by atoms with van der Waals surface area (Å²) in [5.41, 5.74) is 6.15. The van der Waals surface area contributed by atoms with Gasteiger partial charge in [0.05, 0.1) is 24.8 Å². The molecule has 1 saturated heterocycles.